The monoisotopic (exact) mass is 504 g/mol. The third-order valence-corrected chi connectivity index (χ3v) is 6.55. The number of amides is 2. The Morgan fingerprint density at radius 3 is 2.35 bits per heavy atom. The molecule has 196 valence electrons. The van der Waals surface area contributed by atoms with Crippen molar-refractivity contribution in [3.63, 3.8) is 0 Å². The molecule has 1 aromatic heterocycles. The zero-order valence-electron chi connectivity index (χ0n) is 22.3. The van der Waals surface area contributed by atoms with Crippen molar-refractivity contribution >= 4 is 17.7 Å². The van der Waals surface area contributed by atoms with E-state index in [0.29, 0.717) is 31.5 Å². The van der Waals surface area contributed by atoms with Gasteiger partial charge < -0.3 is 19.7 Å². The van der Waals surface area contributed by atoms with Crippen LogP contribution in [-0.4, -0.2) is 52.5 Å². The lowest BCUT2D eigenvalue weighted by atomic mass is 9.90. The van der Waals surface area contributed by atoms with E-state index in [-0.39, 0.29) is 17.9 Å². The van der Waals surface area contributed by atoms with Crippen molar-refractivity contribution in [1.29, 1.82) is 0 Å². The van der Waals surface area contributed by atoms with Crippen molar-refractivity contribution in [2.75, 3.05) is 25.5 Å². The van der Waals surface area contributed by atoms with Gasteiger partial charge in [-0.25, -0.2) is 9.48 Å². The Bertz CT molecular complexity index is 1240. The quantitative estimate of drug-likeness (QED) is 0.458. The third kappa shape index (κ3) is 6.13. The molecule has 1 saturated heterocycles. The van der Waals surface area contributed by atoms with Gasteiger partial charge in [0.25, 0.3) is 5.91 Å². The lowest BCUT2D eigenvalue weighted by Gasteiger charge is -2.34. The zero-order chi connectivity index (χ0) is 26.6. The number of para-hydroxylation sites is 1. The number of nitrogens with one attached hydrogen (secondary N) is 1. The molecule has 0 bridgehead atoms. The summed E-state index contributed by atoms with van der Waals surface area (Å²) in [6.45, 7) is 8.77. The maximum atomic E-state index is 13.6. The second-order valence-corrected chi connectivity index (χ2v) is 10.3. The van der Waals surface area contributed by atoms with E-state index < -0.39 is 5.60 Å². The van der Waals surface area contributed by atoms with Crippen LogP contribution in [0.3, 0.4) is 0 Å². The van der Waals surface area contributed by atoms with Gasteiger partial charge in [0.2, 0.25) is 0 Å². The molecule has 8 heteroatoms. The molecule has 2 amide bonds. The first-order valence-electron chi connectivity index (χ1n) is 12.8. The molecule has 8 nitrogen and oxygen atoms in total. The molecule has 0 spiro atoms. The van der Waals surface area contributed by atoms with Crippen molar-refractivity contribution < 1.29 is 19.1 Å². The fourth-order valence-electron chi connectivity index (χ4n) is 4.66. The first-order chi connectivity index (χ1) is 17.7. The Hall–Kier alpha value is -3.81. The number of hydrogen-bond acceptors (Lipinski definition) is 5. The summed E-state index contributed by atoms with van der Waals surface area (Å²) in [7, 11) is 1.63. The Morgan fingerprint density at radius 1 is 1.05 bits per heavy atom. The number of benzene rings is 2. The van der Waals surface area contributed by atoms with Gasteiger partial charge in [-0.1, -0.05) is 25.1 Å². The van der Waals surface area contributed by atoms with Gasteiger partial charge in [-0.3, -0.25) is 4.79 Å². The number of carbonyl (C=O) groups excluding carboxylic acids is 2. The van der Waals surface area contributed by atoms with Crippen LogP contribution < -0.4 is 10.1 Å². The van der Waals surface area contributed by atoms with Gasteiger partial charge in [0.05, 0.1) is 30.3 Å². The minimum Gasteiger partial charge on any atom is -0.497 e. The minimum absolute atomic E-state index is 0.0467. The molecular weight excluding hydrogens is 468 g/mol. The van der Waals surface area contributed by atoms with Crippen LogP contribution in [0.15, 0.2) is 54.7 Å². The van der Waals surface area contributed by atoms with Crippen LogP contribution >= 0.6 is 0 Å². The SMILES string of the molecule is CCc1ccccc1NC(=O)c1cnn(-c2ccc(OC)cc2)c1C1CCN(C(=O)OC(C)(C)C)CC1. The Morgan fingerprint density at radius 2 is 1.73 bits per heavy atom. The molecule has 2 aromatic carbocycles. The number of hydrogen-bond donors (Lipinski definition) is 1. The van der Waals surface area contributed by atoms with E-state index in [2.05, 4.69) is 17.3 Å². The molecule has 1 fully saturated rings. The molecular formula is C29H36N4O4. The van der Waals surface area contributed by atoms with Crippen LogP contribution in [0.1, 0.15) is 68.1 Å². The Balaban J connectivity index is 1.63. The van der Waals surface area contributed by atoms with Crippen molar-refractivity contribution in [2.45, 2.75) is 58.5 Å². The van der Waals surface area contributed by atoms with Crippen LogP contribution in [0, 0.1) is 0 Å². The number of nitrogens with zero attached hydrogens (tertiary/aromatic N) is 3. The smallest absolute Gasteiger partial charge is 0.410 e. The Labute approximate surface area is 218 Å². The van der Waals surface area contributed by atoms with Crippen molar-refractivity contribution in [2.24, 2.45) is 0 Å². The topological polar surface area (TPSA) is 85.7 Å². The minimum atomic E-state index is -0.541. The van der Waals surface area contributed by atoms with Crippen LogP contribution in [0.25, 0.3) is 5.69 Å². The van der Waals surface area contributed by atoms with Crippen LogP contribution in [-0.2, 0) is 11.2 Å². The van der Waals surface area contributed by atoms with E-state index in [0.717, 1.165) is 34.8 Å². The number of rotatable bonds is 6. The number of carbonyl (C=O) groups is 2. The number of ether oxygens (including phenoxy) is 2. The molecule has 1 aliphatic heterocycles. The largest absolute Gasteiger partial charge is 0.497 e. The highest BCUT2D eigenvalue weighted by atomic mass is 16.6. The first kappa shape index (κ1) is 26.3. The normalized spacial score (nSPS) is 14.4. The molecule has 0 unspecified atom stereocenters. The first-order valence-corrected chi connectivity index (χ1v) is 12.8. The van der Waals surface area contributed by atoms with Gasteiger partial charge in [0.15, 0.2) is 0 Å². The van der Waals surface area contributed by atoms with E-state index in [1.54, 1.807) is 18.2 Å². The molecule has 1 N–H and O–H groups in total. The number of aromatic nitrogens is 2. The van der Waals surface area contributed by atoms with Gasteiger partial charge in [-0.15, -0.1) is 0 Å². The van der Waals surface area contributed by atoms with Gasteiger partial charge in [-0.05, 0) is 75.9 Å². The fourth-order valence-corrected chi connectivity index (χ4v) is 4.66. The molecule has 4 rings (SSSR count). The highest BCUT2D eigenvalue weighted by molar-refractivity contribution is 6.05. The summed E-state index contributed by atoms with van der Waals surface area (Å²) in [5, 5.41) is 7.73. The highest BCUT2D eigenvalue weighted by Crippen LogP contribution is 2.33. The number of anilines is 1. The van der Waals surface area contributed by atoms with Crippen molar-refractivity contribution in [3.05, 3.63) is 71.5 Å². The summed E-state index contributed by atoms with van der Waals surface area (Å²) in [6, 6.07) is 15.4. The molecule has 1 aliphatic rings. The Kier molecular flexibility index (Phi) is 7.86. The van der Waals surface area contributed by atoms with Crippen LogP contribution in [0.5, 0.6) is 5.75 Å². The highest BCUT2D eigenvalue weighted by Gasteiger charge is 2.32. The van der Waals surface area contributed by atoms with E-state index in [1.807, 2.05) is 74.0 Å². The average molecular weight is 505 g/mol. The van der Waals surface area contributed by atoms with E-state index in [1.165, 1.54) is 0 Å². The number of methoxy groups -OCH3 is 1. The van der Waals surface area contributed by atoms with Gasteiger partial charge in [-0.2, -0.15) is 5.10 Å². The summed E-state index contributed by atoms with van der Waals surface area (Å²) >= 11 is 0. The van der Waals surface area contributed by atoms with Gasteiger partial charge in [0.1, 0.15) is 11.4 Å². The number of likely N-dealkylation sites (tertiary alicyclic amines) is 1. The van der Waals surface area contributed by atoms with E-state index >= 15 is 0 Å². The lowest BCUT2D eigenvalue weighted by molar-refractivity contribution is 0.0203. The van der Waals surface area contributed by atoms with E-state index in [4.69, 9.17) is 9.47 Å². The second kappa shape index (κ2) is 11.1. The summed E-state index contributed by atoms with van der Waals surface area (Å²) < 4.78 is 12.7. The fraction of sp³-hybridized carbons (Fsp3) is 0.414. The van der Waals surface area contributed by atoms with Crippen LogP contribution in [0.2, 0.25) is 0 Å². The van der Waals surface area contributed by atoms with Crippen LogP contribution in [0.4, 0.5) is 10.5 Å². The summed E-state index contributed by atoms with van der Waals surface area (Å²) in [4.78, 5) is 27.9. The molecule has 0 radical (unpaired) electrons. The van der Waals surface area contributed by atoms with Crippen molar-refractivity contribution in [1.82, 2.24) is 14.7 Å². The maximum absolute atomic E-state index is 13.6. The molecule has 2 heterocycles. The van der Waals surface area contributed by atoms with Gasteiger partial charge in [0, 0.05) is 24.7 Å². The summed E-state index contributed by atoms with van der Waals surface area (Å²) in [5.41, 5.74) is 3.57. The van der Waals surface area contributed by atoms with E-state index in [9.17, 15) is 9.59 Å². The zero-order valence-corrected chi connectivity index (χ0v) is 22.3. The average Bonchev–Trinajstić information content (AvgIpc) is 3.33. The molecule has 37 heavy (non-hydrogen) atoms. The molecule has 3 aromatic rings. The number of piperidine rings is 1. The maximum Gasteiger partial charge on any atom is 0.410 e. The molecule has 0 atom stereocenters. The predicted molar refractivity (Wildman–Crippen MR) is 144 cm³/mol. The summed E-state index contributed by atoms with van der Waals surface area (Å²) in [5.74, 6) is 0.605. The third-order valence-electron chi connectivity index (χ3n) is 6.55. The lowest BCUT2D eigenvalue weighted by Crippen LogP contribution is -2.41. The molecule has 0 saturated carbocycles. The standard InChI is InChI=1S/C29H36N4O4/c1-6-20-9-7-8-10-25(20)31-27(34)24-19-30-33(22-11-13-23(36-5)14-12-22)26(24)21-15-17-32(18-16-21)28(35)37-29(2,3)4/h7-14,19,21H,6,15-18H2,1-5H3,(H,31,34). The predicted octanol–water partition coefficient (Wildman–Crippen LogP) is 5.81. The van der Waals surface area contributed by atoms with Crippen molar-refractivity contribution in [3.8, 4) is 11.4 Å². The molecule has 0 aliphatic carbocycles. The summed E-state index contributed by atoms with van der Waals surface area (Å²) in [6.07, 6.45) is 3.56. The van der Waals surface area contributed by atoms with Gasteiger partial charge >= 0.3 is 6.09 Å². The second-order valence-electron chi connectivity index (χ2n) is 10.3. The number of aryl methyl sites for hydroxylation is 1.